The Morgan fingerprint density at radius 2 is 1.94 bits per heavy atom. The van der Waals surface area contributed by atoms with Crippen LogP contribution in [0.2, 0.25) is 0 Å². The van der Waals surface area contributed by atoms with Crippen LogP contribution in [0.25, 0.3) is 0 Å². The Balaban J connectivity index is 3.01. The Hall–Kier alpha value is -1.61. The first-order valence-electron chi connectivity index (χ1n) is 5.04. The normalized spacial score (nSPS) is 13.9. The summed E-state index contributed by atoms with van der Waals surface area (Å²) in [5.74, 6) is -1.06. The Morgan fingerprint density at radius 3 is 2.38 bits per heavy atom. The quantitative estimate of drug-likeness (QED) is 0.622. The van der Waals surface area contributed by atoms with E-state index in [1.807, 2.05) is 30.3 Å². The molecule has 1 N–H and O–H groups in total. The molecule has 86 valence electrons. The summed E-state index contributed by atoms with van der Waals surface area (Å²) in [7, 11) is 1.26. The largest absolute Gasteiger partial charge is 0.467 e. The number of aliphatic hydroxyl groups is 1. The van der Waals surface area contributed by atoms with Gasteiger partial charge in [-0.05, 0) is 12.5 Å². The summed E-state index contributed by atoms with van der Waals surface area (Å²) in [4.78, 5) is 11.3. The first kappa shape index (κ1) is 12.5. The van der Waals surface area contributed by atoms with E-state index in [4.69, 9.17) is 0 Å². The number of rotatable bonds is 4. The lowest BCUT2D eigenvalue weighted by Crippen LogP contribution is -2.29. The van der Waals surface area contributed by atoms with E-state index < -0.39 is 18.0 Å². The standard InChI is InChI=1S/C13H16O3/c1-9(2)11(12(14)13(15)16-3)10-7-5-4-6-8-10/h4-8,11-12,14H,1H2,2-3H3/t11-,12+/m1/s1. The number of carbonyl (C=O) groups is 1. The van der Waals surface area contributed by atoms with Crippen LogP contribution in [0.15, 0.2) is 42.5 Å². The lowest BCUT2D eigenvalue weighted by molar-refractivity contribution is -0.151. The number of esters is 1. The average molecular weight is 220 g/mol. The van der Waals surface area contributed by atoms with Gasteiger partial charge in [0.15, 0.2) is 6.10 Å². The van der Waals surface area contributed by atoms with Crippen LogP contribution >= 0.6 is 0 Å². The fraction of sp³-hybridized carbons (Fsp3) is 0.308. The van der Waals surface area contributed by atoms with E-state index in [9.17, 15) is 9.90 Å². The number of hydrogen-bond acceptors (Lipinski definition) is 3. The second kappa shape index (κ2) is 5.47. The number of carbonyl (C=O) groups excluding carboxylic acids is 1. The highest BCUT2D eigenvalue weighted by Gasteiger charge is 2.28. The first-order chi connectivity index (χ1) is 7.57. The Kier molecular flexibility index (Phi) is 4.26. The smallest absolute Gasteiger partial charge is 0.335 e. The summed E-state index contributed by atoms with van der Waals surface area (Å²) in [5.41, 5.74) is 1.58. The van der Waals surface area contributed by atoms with Crippen molar-refractivity contribution in [3.63, 3.8) is 0 Å². The molecular weight excluding hydrogens is 204 g/mol. The van der Waals surface area contributed by atoms with Crippen molar-refractivity contribution in [1.82, 2.24) is 0 Å². The molecule has 16 heavy (non-hydrogen) atoms. The van der Waals surface area contributed by atoms with E-state index in [0.29, 0.717) is 0 Å². The van der Waals surface area contributed by atoms with Crippen molar-refractivity contribution in [3.05, 3.63) is 48.0 Å². The molecule has 3 heteroatoms. The molecule has 0 amide bonds. The molecular formula is C13H16O3. The van der Waals surface area contributed by atoms with Crippen LogP contribution in [-0.4, -0.2) is 24.3 Å². The van der Waals surface area contributed by atoms with Gasteiger partial charge in [0.2, 0.25) is 0 Å². The monoisotopic (exact) mass is 220 g/mol. The van der Waals surface area contributed by atoms with Crippen LogP contribution in [0.3, 0.4) is 0 Å². The highest BCUT2D eigenvalue weighted by Crippen LogP contribution is 2.27. The third-order valence-corrected chi connectivity index (χ3v) is 2.45. The molecule has 0 saturated carbocycles. The second-order valence-corrected chi connectivity index (χ2v) is 3.70. The predicted octanol–water partition coefficient (Wildman–Crippen LogP) is 1.88. The summed E-state index contributed by atoms with van der Waals surface area (Å²) in [6, 6.07) is 9.30. The van der Waals surface area contributed by atoms with Gasteiger partial charge >= 0.3 is 5.97 Å². The zero-order valence-corrected chi connectivity index (χ0v) is 9.51. The van der Waals surface area contributed by atoms with E-state index in [0.717, 1.165) is 11.1 Å². The summed E-state index contributed by atoms with van der Waals surface area (Å²) in [6.07, 6.45) is -1.20. The molecule has 0 aliphatic carbocycles. The molecule has 2 atom stereocenters. The van der Waals surface area contributed by atoms with Crippen molar-refractivity contribution >= 4 is 5.97 Å². The maximum absolute atomic E-state index is 11.3. The van der Waals surface area contributed by atoms with Gasteiger partial charge in [0, 0.05) is 5.92 Å². The van der Waals surface area contributed by atoms with Gasteiger partial charge in [0.1, 0.15) is 0 Å². The van der Waals surface area contributed by atoms with E-state index in [1.54, 1.807) is 6.92 Å². The number of benzene rings is 1. The zero-order valence-electron chi connectivity index (χ0n) is 9.51. The van der Waals surface area contributed by atoms with Crippen LogP contribution in [0.4, 0.5) is 0 Å². The molecule has 0 bridgehead atoms. The maximum Gasteiger partial charge on any atom is 0.335 e. The molecule has 0 spiro atoms. The number of ether oxygens (including phenoxy) is 1. The zero-order chi connectivity index (χ0) is 12.1. The topological polar surface area (TPSA) is 46.5 Å². The minimum atomic E-state index is -1.20. The lowest BCUT2D eigenvalue weighted by Gasteiger charge is -2.21. The molecule has 1 aromatic carbocycles. The highest BCUT2D eigenvalue weighted by atomic mass is 16.5. The van der Waals surface area contributed by atoms with Gasteiger partial charge in [0.25, 0.3) is 0 Å². The molecule has 0 saturated heterocycles. The summed E-state index contributed by atoms with van der Waals surface area (Å²) in [6.45, 7) is 5.58. The molecule has 0 fully saturated rings. The molecule has 1 rings (SSSR count). The molecule has 0 heterocycles. The predicted molar refractivity (Wildman–Crippen MR) is 62.0 cm³/mol. The third kappa shape index (κ3) is 2.70. The summed E-state index contributed by atoms with van der Waals surface area (Å²) >= 11 is 0. The van der Waals surface area contributed by atoms with Gasteiger partial charge in [-0.3, -0.25) is 0 Å². The molecule has 0 aliphatic heterocycles. The van der Waals surface area contributed by atoms with Crippen LogP contribution in [0, 0.1) is 0 Å². The van der Waals surface area contributed by atoms with Gasteiger partial charge in [-0.15, -0.1) is 0 Å². The van der Waals surface area contributed by atoms with Gasteiger partial charge in [-0.2, -0.15) is 0 Å². The minimum absolute atomic E-state index is 0.423. The molecule has 0 unspecified atom stereocenters. The van der Waals surface area contributed by atoms with Crippen molar-refractivity contribution in [3.8, 4) is 0 Å². The summed E-state index contributed by atoms with van der Waals surface area (Å²) in [5, 5.41) is 9.87. The van der Waals surface area contributed by atoms with Gasteiger partial charge < -0.3 is 9.84 Å². The van der Waals surface area contributed by atoms with Crippen molar-refractivity contribution < 1.29 is 14.6 Å². The van der Waals surface area contributed by atoms with E-state index in [-0.39, 0.29) is 0 Å². The minimum Gasteiger partial charge on any atom is -0.467 e. The van der Waals surface area contributed by atoms with E-state index >= 15 is 0 Å². The van der Waals surface area contributed by atoms with Crippen LogP contribution < -0.4 is 0 Å². The highest BCUT2D eigenvalue weighted by molar-refractivity contribution is 5.76. The van der Waals surface area contributed by atoms with E-state index in [2.05, 4.69) is 11.3 Å². The van der Waals surface area contributed by atoms with Crippen LogP contribution in [-0.2, 0) is 9.53 Å². The summed E-state index contributed by atoms with van der Waals surface area (Å²) < 4.78 is 4.53. The molecule has 0 radical (unpaired) electrons. The Morgan fingerprint density at radius 1 is 1.38 bits per heavy atom. The molecule has 1 aromatic rings. The maximum atomic E-state index is 11.3. The fourth-order valence-electron chi connectivity index (χ4n) is 1.65. The van der Waals surface area contributed by atoms with E-state index in [1.165, 1.54) is 7.11 Å². The number of aliphatic hydroxyl groups excluding tert-OH is 1. The van der Waals surface area contributed by atoms with Crippen molar-refractivity contribution in [1.29, 1.82) is 0 Å². The van der Waals surface area contributed by atoms with Crippen molar-refractivity contribution in [2.45, 2.75) is 18.9 Å². The lowest BCUT2D eigenvalue weighted by atomic mass is 9.88. The molecule has 0 aromatic heterocycles. The third-order valence-electron chi connectivity index (χ3n) is 2.45. The average Bonchev–Trinajstić information content (AvgIpc) is 2.29. The van der Waals surface area contributed by atoms with Crippen LogP contribution in [0.5, 0.6) is 0 Å². The Bertz CT molecular complexity index is 370. The molecule has 0 aliphatic rings. The second-order valence-electron chi connectivity index (χ2n) is 3.70. The van der Waals surface area contributed by atoms with Crippen molar-refractivity contribution in [2.75, 3.05) is 7.11 Å². The van der Waals surface area contributed by atoms with Crippen LogP contribution in [0.1, 0.15) is 18.4 Å². The van der Waals surface area contributed by atoms with Crippen molar-refractivity contribution in [2.24, 2.45) is 0 Å². The number of methoxy groups -OCH3 is 1. The Labute approximate surface area is 95.4 Å². The van der Waals surface area contributed by atoms with Gasteiger partial charge in [0.05, 0.1) is 7.11 Å². The van der Waals surface area contributed by atoms with Gasteiger partial charge in [-0.25, -0.2) is 4.79 Å². The number of hydrogen-bond donors (Lipinski definition) is 1. The fourth-order valence-corrected chi connectivity index (χ4v) is 1.65. The SMILES string of the molecule is C=C(C)[C@H](c1ccccc1)[C@H](O)C(=O)OC. The first-order valence-corrected chi connectivity index (χ1v) is 5.04. The molecule has 3 nitrogen and oxygen atoms in total. The van der Waals surface area contributed by atoms with Gasteiger partial charge in [-0.1, -0.05) is 42.5 Å².